The fourth-order valence-corrected chi connectivity index (χ4v) is 3.43. The predicted molar refractivity (Wildman–Crippen MR) is 81.1 cm³/mol. The highest BCUT2D eigenvalue weighted by Crippen LogP contribution is 2.29. The summed E-state index contributed by atoms with van der Waals surface area (Å²) in [7, 11) is 1.66. The summed E-state index contributed by atoms with van der Waals surface area (Å²) in [5.74, 6) is 0.801. The summed E-state index contributed by atoms with van der Waals surface area (Å²) in [5.41, 5.74) is 0.912. The van der Waals surface area contributed by atoms with E-state index in [0.717, 1.165) is 35.7 Å². The number of nitrogens with one attached hydrogen (secondary N) is 1. The first-order chi connectivity index (χ1) is 9.69. The van der Waals surface area contributed by atoms with E-state index in [1.54, 1.807) is 7.11 Å². The Balaban J connectivity index is 1.84. The van der Waals surface area contributed by atoms with Gasteiger partial charge in [0.25, 0.3) is 0 Å². The number of morpholine rings is 1. The van der Waals surface area contributed by atoms with Gasteiger partial charge in [0.05, 0.1) is 23.4 Å². The number of rotatable bonds is 3. The third kappa shape index (κ3) is 2.82. The Morgan fingerprint density at radius 1 is 1.60 bits per heavy atom. The van der Waals surface area contributed by atoms with E-state index in [4.69, 9.17) is 21.7 Å². The van der Waals surface area contributed by atoms with Crippen molar-refractivity contribution in [1.29, 1.82) is 0 Å². The number of aromatic amines is 1. The molecular formula is C13H18BrN3O2S. The molecule has 3 heterocycles. The lowest BCUT2D eigenvalue weighted by molar-refractivity contribution is -0.0543. The molecule has 2 unspecified atom stereocenters. The van der Waals surface area contributed by atoms with Crippen LogP contribution in [0.5, 0.6) is 0 Å². The number of methoxy groups -OCH3 is 1. The van der Waals surface area contributed by atoms with Gasteiger partial charge in [-0.25, -0.2) is 4.98 Å². The molecule has 3 rings (SSSR count). The summed E-state index contributed by atoms with van der Waals surface area (Å²) in [4.78, 5) is 10.3. The molecular weight excluding hydrogens is 342 g/mol. The second-order valence-electron chi connectivity index (χ2n) is 5.27. The SMILES string of the molecule is COCc1[nH]c(C2CN3CCCC3CO2)nc(=S)c1Br. The zero-order chi connectivity index (χ0) is 14.1. The molecule has 0 radical (unpaired) electrons. The molecule has 2 aliphatic heterocycles. The molecule has 2 saturated heterocycles. The van der Waals surface area contributed by atoms with Crippen molar-refractivity contribution in [3.05, 3.63) is 20.6 Å². The minimum absolute atomic E-state index is 0.0326. The van der Waals surface area contributed by atoms with Gasteiger partial charge in [-0.05, 0) is 35.3 Å². The summed E-state index contributed by atoms with van der Waals surface area (Å²) in [6.45, 7) is 3.30. The lowest BCUT2D eigenvalue weighted by atomic mass is 10.2. The van der Waals surface area contributed by atoms with Crippen LogP contribution in [-0.4, -0.2) is 47.7 Å². The zero-order valence-corrected chi connectivity index (χ0v) is 13.8. The molecule has 20 heavy (non-hydrogen) atoms. The monoisotopic (exact) mass is 359 g/mol. The molecule has 110 valence electrons. The Kier molecular flexibility index (Phi) is 4.52. The first-order valence-electron chi connectivity index (χ1n) is 6.82. The summed E-state index contributed by atoms with van der Waals surface area (Å²) in [5, 5.41) is 0. The van der Waals surface area contributed by atoms with E-state index in [1.807, 2.05) is 0 Å². The second kappa shape index (κ2) is 6.19. The molecule has 0 aromatic carbocycles. The Morgan fingerprint density at radius 2 is 2.45 bits per heavy atom. The molecule has 0 amide bonds. The predicted octanol–water partition coefficient (Wildman–Crippen LogP) is 2.58. The Hall–Kier alpha value is -0.340. The molecule has 5 nitrogen and oxygen atoms in total. The van der Waals surface area contributed by atoms with Crippen molar-refractivity contribution in [2.75, 3.05) is 26.8 Å². The van der Waals surface area contributed by atoms with Crippen LogP contribution in [0.25, 0.3) is 0 Å². The standard InChI is InChI=1S/C13H18BrN3O2S/c1-18-7-9-11(14)13(20)16-12(15-9)10-5-17-4-2-3-8(17)6-19-10/h8,10H,2-7H2,1H3,(H,15,16,20). The van der Waals surface area contributed by atoms with Crippen LogP contribution in [0.1, 0.15) is 30.5 Å². The van der Waals surface area contributed by atoms with Gasteiger partial charge < -0.3 is 14.5 Å². The smallest absolute Gasteiger partial charge is 0.144 e. The number of H-pyrrole nitrogens is 1. The average molecular weight is 360 g/mol. The average Bonchev–Trinajstić information content (AvgIpc) is 2.91. The number of ether oxygens (including phenoxy) is 2. The van der Waals surface area contributed by atoms with E-state index in [9.17, 15) is 0 Å². The van der Waals surface area contributed by atoms with Crippen LogP contribution in [0.15, 0.2) is 4.47 Å². The van der Waals surface area contributed by atoms with E-state index in [1.165, 1.54) is 12.8 Å². The molecule has 2 atom stereocenters. The maximum absolute atomic E-state index is 5.97. The van der Waals surface area contributed by atoms with Gasteiger partial charge in [-0.15, -0.1) is 0 Å². The van der Waals surface area contributed by atoms with Crippen molar-refractivity contribution in [2.45, 2.75) is 31.6 Å². The molecule has 1 aromatic rings. The number of halogens is 1. The van der Waals surface area contributed by atoms with E-state index in [-0.39, 0.29) is 6.10 Å². The summed E-state index contributed by atoms with van der Waals surface area (Å²) in [6.07, 6.45) is 2.47. The van der Waals surface area contributed by atoms with E-state index < -0.39 is 0 Å². The number of hydrogen-bond acceptors (Lipinski definition) is 5. The minimum Gasteiger partial charge on any atom is -0.378 e. The van der Waals surface area contributed by atoms with Crippen LogP contribution in [0, 0.1) is 4.64 Å². The minimum atomic E-state index is -0.0326. The number of hydrogen-bond donors (Lipinski definition) is 1. The molecule has 0 aliphatic carbocycles. The van der Waals surface area contributed by atoms with Gasteiger partial charge >= 0.3 is 0 Å². The van der Waals surface area contributed by atoms with Crippen molar-refractivity contribution in [1.82, 2.24) is 14.9 Å². The van der Waals surface area contributed by atoms with Crippen LogP contribution in [-0.2, 0) is 16.1 Å². The zero-order valence-electron chi connectivity index (χ0n) is 11.4. The molecule has 1 N–H and O–H groups in total. The van der Waals surface area contributed by atoms with Gasteiger partial charge in [-0.2, -0.15) is 0 Å². The third-order valence-electron chi connectivity index (χ3n) is 3.94. The van der Waals surface area contributed by atoms with Gasteiger partial charge in [-0.3, -0.25) is 4.90 Å². The summed E-state index contributed by atoms with van der Waals surface area (Å²) < 4.78 is 12.5. The third-order valence-corrected chi connectivity index (χ3v) is 5.35. The molecule has 1 aromatic heterocycles. The molecule has 0 saturated carbocycles. The van der Waals surface area contributed by atoms with Gasteiger partial charge in [-0.1, -0.05) is 12.2 Å². The van der Waals surface area contributed by atoms with Gasteiger partial charge in [0.15, 0.2) is 0 Å². The highest BCUT2D eigenvalue weighted by Gasteiger charge is 2.34. The van der Waals surface area contributed by atoms with Crippen molar-refractivity contribution in [3.8, 4) is 0 Å². The first kappa shape index (κ1) is 14.6. The highest BCUT2D eigenvalue weighted by molar-refractivity contribution is 9.10. The number of nitrogens with zero attached hydrogens (tertiary/aromatic N) is 2. The lowest BCUT2D eigenvalue weighted by Gasteiger charge is -2.34. The second-order valence-corrected chi connectivity index (χ2v) is 6.45. The van der Waals surface area contributed by atoms with Crippen LogP contribution in [0.2, 0.25) is 0 Å². The largest absolute Gasteiger partial charge is 0.378 e. The van der Waals surface area contributed by atoms with Crippen LogP contribution in [0.3, 0.4) is 0 Å². The fourth-order valence-electron chi connectivity index (χ4n) is 2.90. The molecule has 7 heteroatoms. The van der Waals surface area contributed by atoms with Crippen molar-refractivity contribution in [2.24, 2.45) is 0 Å². The van der Waals surface area contributed by atoms with Crippen LogP contribution in [0.4, 0.5) is 0 Å². The maximum Gasteiger partial charge on any atom is 0.144 e. The van der Waals surface area contributed by atoms with Crippen molar-refractivity contribution < 1.29 is 9.47 Å². The normalized spacial score (nSPS) is 26.7. The van der Waals surface area contributed by atoms with Crippen molar-refractivity contribution >= 4 is 28.1 Å². The Bertz CT molecular complexity index is 551. The number of fused-ring (bicyclic) bond motifs is 1. The van der Waals surface area contributed by atoms with E-state index >= 15 is 0 Å². The maximum atomic E-state index is 5.97. The van der Waals surface area contributed by atoms with E-state index in [2.05, 4.69) is 30.8 Å². The Labute approximate surface area is 131 Å². The molecule has 2 aliphatic rings. The first-order valence-corrected chi connectivity index (χ1v) is 8.02. The quantitative estimate of drug-likeness (QED) is 0.840. The van der Waals surface area contributed by atoms with Gasteiger partial charge in [0.2, 0.25) is 0 Å². The Morgan fingerprint density at radius 3 is 3.25 bits per heavy atom. The number of aromatic nitrogens is 2. The summed E-state index contributed by atoms with van der Waals surface area (Å²) >= 11 is 8.76. The van der Waals surface area contributed by atoms with Gasteiger partial charge in [0, 0.05) is 19.7 Å². The lowest BCUT2D eigenvalue weighted by Crippen LogP contribution is -2.42. The molecule has 2 fully saturated rings. The van der Waals surface area contributed by atoms with Crippen molar-refractivity contribution in [3.63, 3.8) is 0 Å². The highest BCUT2D eigenvalue weighted by atomic mass is 79.9. The topological polar surface area (TPSA) is 50.4 Å². The summed E-state index contributed by atoms with van der Waals surface area (Å²) in [6, 6.07) is 0.586. The van der Waals surface area contributed by atoms with Crippen LogP contribution < -0.4 is 0 Å². The molecule has 0 bridgehead atoms. The molecule has 0 spiro atoms. The van der Waals surface area contributed by atoms with E-state index in [0.29, 0.717) is 17.3 Å². The fraction of sp³-hybridized carbons (Fsp3) is 0.692. The van der Waals surface area contributed by atoms with Crippen LogP contribution >= 0.6 is 28.1 Å². The van der Waals surface area contributed by atoms with Gasteiger partial charge in [0.1, 0.15) is 16.6 Å².